The second-order valence-corrected chi connectivity index (χ2v) is 4.67. The molecule has 0 spiro atoms. The first-order valence-electron chi connectivity index (χ1n) is 6.29. The van der Waals surface area contributed by atoms with E-state index in [-0.39, 0.29) is 0 Å². The Balaban J connectivity index is 1.59. The highest BCUT2D eigenvalue weighted by atomic mass is 15.4. The van der Waals surface area contributed by atoms with Crippen molar-refractivity contribution in [2.24, 2.45) is 0 Å². The zero-order valence-corrected chi connectivity index (χ0v) is 10.2. The number of rotatable bonds is 4. The first-order valence-corrected chi connectivity index (χ1v) is 6.29. The highest BCUT2D eigenvalue weighted by Gasteiger charge is 2.21. The average molecular weight is 243 g/mol. The smallest absolute Gasteiger partial charge is 0.0692 e. The van der Waals surface area contributed by atoms with E-state index < -0.39 is 0 Å². The summed E-state index contributed by atoms with van der Waals surface area (Å²) in [6.07, 6.45) is 5.84. The van der Waals surface area contributed by atoms with Gasteiger partial charge in [-0.1, -0.05) is 11.3 Å². The monoisotopic (exact) mass is 243 g/mol. The van der Waals surface area contributed by atoms with Crippen molar-refractivity contribution in [3.63, 3.8) is 0 Å². The van der Waals surface area contributed by atoms with Gasteiger partial charge in [-0.15, -0.1) is 5.10 Å². The van der Waals surface area contributed by atoms with Crippen molar-refractivity contribution in [3.05, 3.63) is 41.7 Å². The molecule has 0 radical (unpaired) electrons. The van der Waals surface area contributed by atoms with Crippen LogP contribution >= 0.6 is 0 Å². The summed E-state index contributed by atoms with van der Waals surface area (Å²) >= 11 is 0. The number of aryl methyl sites for hydroxylation is 1. The van der Waals surface area contributed by atoms with Crippen molar-refractivity contribution in [1.82, 2.24) is 20.3 Å². The number of aromatic nitrogens is 3. The molecule has 0 saturated heterocycles. The fourth-order valence-electron chi connectivity index (χ4n) is 2.55. The maximum absolute atomic E-state index is 5.80. The maximum atomic E-state index is 5.80. The predicted molar refractivity (Wildman–Crippen MR) is 69.9 cm³/mol. The summed E-state index contributed by atoms with van der Waals surface area (Å²) in [5.74, 6) is 0. The fourth-order valence-corrected chi connectivity index (χ4v) is 2.55. The largest absolute Gasteiger partial charge is 0.399 e. The first kappa shape index (κ1) is 11.2. The molecule has 5 heteroatoms. The topological polar surface area (TPSA) is 68.8 Å². The lowest BCUT2D eigenvalue weighted by atomic mass is 10.1. The molecule has 0 saturated carbocycles. The SMILES string of the molecule is Nc1ccc2c(c1)CCC2NCCn1ccnn1. The van der Waals surface area contributed by atoms with E-state index in [2.05, 4.69) is 27.8 Å². The van der Waals surface area contributed by atoms with Crippen molar-refractivity contribution >= 4 is 5.69 Å². The Hall–Kier alpha value is -1.88. The van der Waals surface area contributed by atoms with E-state index in [1.807, 2.05) is 16.9 Å². The standard InChI is InChI=1S/C13H17N5/c14-11-2-3-12-10(9-11)1-4-13(12)15-5-7-18-8-6-16-17-18/h2-3,6,8-9,13,15H,1,4-5,7,14H2. The van der Waals surface area contributed by atoms with Gasteiger partial charge in [-0.05, 0) is 36.1 Å². The number of nitrogens with one attached hydrogen (secondary N) is 1. The summed E-state index contributed by atoms with van der Waals surface area (Å²) in [7, 11) is 0. The van der Waals surface area contributed by atoms with E-state index in [0.29, 0.717) is 6.04 Å². The van der Waals surface area contributed by atoms with Crippen LogP contribution in [0.3, 0.4) is 0 Å². The molecule has 0 bridgehead atoms. The van der Waals surface area contributed by atoms with E-state index >= 15 is 0 Å². The molecule has 1 aliphatic carbocycles. The van der Waals surface area contributed by atoms with Crippen molar-refractivity contribution < 1.29 is 0 Å². The molecule has 3 rings (SSSR count). The lowest BCUT2D eigenvalue weighted by Crippen LogP contribution is -2.24. The van der Waals surface area contributed by atoms with Gasteiger partial charge >= 0.3 is 0 Å². The minimum Gasteiger partial charge on any atom is -0.399 e. The lowest BCUT2D eigenvalue weighted by molar-refractivity contribution is 0.478. The third-order valence-corrected chi connectivity index (χ3v) is 3.45. The molecular weight excluding hydrogens is 226 g/mol. The number of benzene rings is 1. The summed E-state index contributed by atoms with van der Waals surface area (Å²) in [5.41, 5.74) is 9.43. The normalized spacial score (nSPS) is 17.9. The van der Waals surface area contributed by atoms with Crippen LogP contribution in [0.2, 0.25) is 0 Å². The Kier molecular flexibility index (Phi) is 2.98. The van der Waals surface area contributed by atoms with E-state index in [4.69, 9.17) is 5.73 Å². The molecule has 1 aromatic carbocycles. The van der Waals surface area contributed by atoms with Gasteiger partial charge in [0, 0.05) is 24.5 Å². The highest BCUT2D eigenvalue weighted by molar-refractivity contribution is 5.47. The molecule has 1 atom stereocenters. The molecule has 94 valence electrons. The molecule has 1 heterocycles. The summed E-state index contributed by atoms with van der Waals surface area (Å²) in [5, 5.41) is 11.3. The van der Waals surface area contributed by atoms with E-state index in [1.165, 1.54) is 11.1 Å². The number of hydrogen-bond donors (Lipinski definition) is 2. The third kappa shape index (κ3) is 2.22. The zero-order valence-electron chi connectivity index (χ0n) is 10.2. The van der Waals surface area contributed by atoms with Gasteiger partial charge in [0.25, 0.3) is 0 Å². The second-order valence-electron chi connectivity index (χ2n) is 4.67. The lowest BCUT2D eigenvalue weighted by Gasteiger charge is -2.14. The van der Waals surface area contributed by atoms with Gasteiger partial charge in [0.2, 0.25) is 0 Å². The van der Waals surface area contributed by atoms with E-state index in [0.717, 1.165) is 31.6 Å². The van der Waals surface area contributed by atoms with E-state index in [1.54, 1.807) is 6.20 Å². The van der Waals surface area contributed by atoms with Crippen LogP contribution in [0.15, 0.2) is 30.6 Å². The number of anilines is 1. The Bertz CT molecular complexity index is 520. The van der Waals surface area contributed by atoms with Crippen molar-refractivity contribution in [3.8, 4) is 0 Å². The summed E-state index contributed by atoms with van der Waals surface area (Å²) in [6.45, 7) is 1.75. The molecular formula is C13H17N5. The molecule has 0 aliphatic heterocycles. The van der Waals surface area contributed by atoms with Gasteiger partial charge in [-0.2, -0.15) is 0 Å². The molecule has 1 unspecified atom stereocenters. The summed E-state index contributed by atoms with van der Waals surface area (Å²) in [4.78, 5) is 0. The average Bonchev–Trinajstić information content (AvgIpc) is 2.99. The minimum atomic E-state index is 0.448. The second kappa shape index (κ2) is 4.78. The molecule has 5 nitrogen and oxygen atoms in total. The van der Waals surface area contributed by atoms with Crippen LogP contribution in [-0.4, -0.2) is 21.5 Å². The van der Waals surface area contributed by atoms with Crippen molar-refractivity contribution in [2.45, 2.75) is 25.4 Å². The number of nitrogen functional groups attached to an aromatic ring is 1. The van der Waals surface area contributed by atoms with Crippen molar-refractivity contribution in [2.75, 3.05) is 12.3 Å². The number of hydrogen-bond acceptors (Lipinski definition) is 4. The highest BCUT2D eigenvalue weighted by Crippen LogP contribution is 2.32. The minimum absolute atomic E-state index is 0.448. The molecule has 0 amide bonds. The van der Waals surface area contributed by atoms with Crippen LogP contribution in [0.4, 0.5) is 5.69 Å². The Labute approximate surface area is 106 Å². The summed E-state index contributed by atoms with van der Waals surface area (Å²) in [6, 6.07) is 6.67. The van der Waals surface area contributed by atoms with E-state index in [9.17, 15) is 0 Å². The van der Waals surface area contributed by atoms with Crippen LogP contribution in [0.25, 0.3) is 0 Å². The molecule has 1 aromatic heterocycles. The summed E-state index contributed by atoms with van der Waals surface area (Å²) < 4.78 is 1.84. The quantitative estimate of drug-likeness (QED) is 0.790. The van der Waals surface area contributed by atoms with Crippen LogP contribution in [-0.2, 0) is 13.0 Å². The van der Waals surface area contributed by atoms with Gasteiger partial charge in [0.05, 0.1) is 12.7 Å². The molecule has 1 aliphatic rings. The van der Waals surface area contributed by atoms with Crippen LogP contribution in [0, 0.1) is 0 Å². The van der Waals surface area contributed by atoms with Crippen LogP contribution < -0.4 is 11.1 Å². The van der Waals surface area contributed by atoms with Gasteiger partial charge in [-0.3, -0.25) is 4.68 Å². The zero-order chi connectivity index (χ0) is 12.4. The third-order valence-electron chi connectivity index (χ3n) is 3.45. The van der Waals surface area contributed by atoms with Crippen LogP contribution in [0.5, 0.6) is 0 Å². The number of nitrogens with zero attached hydrogens (tertiary/aromatic N) is 3. The van der Waals surface area contributed by atoms with Crippen LogP contribution in [0.1, 0.15) is 23.6 Å². The maximum Gasteiger partial charge on any atom is 0.0692 e. The molecule has 3 N–H and O–H groups in total. The predicted octanol–water partition coefficient (Wildman–Crippen LogP) is 1.14. The first-order chi connectivity index (χ1) is 8.83. The fraction of sp³-hybridized carbons (Fsp3) is 0.385. The number of fused-ring (bicyclic) bond motifs is 1. The molecule has 0 fully saturated rings. The van der Waals surface area contributed by atoms with Gasteiger partial charge in [0.15, 0.2) is 0 Å². The molecule has 18 heavy (non-hydrogen) atoms. The molecule has 2 aromatic rings. The Morgan fingerprint density at radius 1 is 1.44 bits per heavy atom. The van der Waals surface area contributed by atoms with Gasteiger partial charge < -0.3 is 11.1 Å². The van der Waals surface area contributed by atoms with Gasteiger partial charge in [0.1, 0.15) is 0 Å². The van der Waals surface area contributed by atoms with Gasteiger partial charge in [-0.25, -0.2) is 0 Å². The number of nitrogens with two attached hydrogens (primary N) is 1. The Morgan fingerprint density at radius 2 is 2.39 bits per heavy atom. The Morgan fingerprint density at radius 3 is 3.22 bits per heavy atom. The van der Waals surface area contributed by atoms with Crippen molar-refractivity contribution in [1.29, 1.82) is 0 Å².